The Balaban J connectivity index is 1.35. The van der Waals surface area contributed by atoms with Gasteiger partial charge in [-0.3, -0.25) is 14.6 Å². The van der Waals surface area contributed by atoms with E-state index in [1.807, 2.05) is 6.20 Å². The molecule has 0 amide bonds. The van der Waals surface area contributed by atoms with Crippen molar-refractivity contribution in [3.8, 4) is 0 Å². The second-order valence-electron chi connectivity index (χ2n) is 7.59. The molecule has 0 spiro atoms. The second kappa shape index (κ2) is 6.82. The maximum absolute atomic E-state index is 4.87. The average Bonchev–Trinajstić information content (AvgIpc) is 3.33. The molecule has 5 nitrogen and oxygen atoms in total. The van der Waals surface area contributed by atoms with Crippen molar-refractivity contribution >= 4 is 10.9 Å². The van der Waals surface area contributed by atoms with Crippen molar-refractivity contribution in [2.24, 2.45) is 0 Å². The largest absolute Gasteiger partial charge is 0.301 e. The zero-order chi connectivity index (χ0) is 17.3. The molecule has 1 saturated heterocycles. The zero-order valence-corrected chi connectivity index (χ0v) is 15.1. The van der Waals surface area contributed by atoms with Gasteiger partial charge in [-0.15, -0.1) is 0 Å². The first kappa shape index (κ1) is 16.0. The van der Waals surface area contributed by atoms with E-state index >= 15 is 0 Å². The molecule has 2 aliphatic heterocycles. The Labute approximate surface area is 154 Å². The van der Waals surface area contributed by atoms with Gasteiger partial charge in [-0.2, -0.15) is 5.10 Å². The van der Waals surface area contributed by atoms with Gasteiger partial charge in [0.2, 0.25) is 0 Å². The third-order valence-corrected chi connectivity index (χ3v) is 5.66. The maximum atomic E-state index is 4.87. The summed E-state index contributed by atoms with van der Waals surface area (Å²) >= 11 is 0. The van der Waals surface area contributed by atoms with Gasteiger partial charge in [0.25, 0.3) is 0 Å². The van der Waals surface area contributed by atoms with Crippen molar-refractivity contribution in [1.82, 2.24) is 24.6 Å². The van der Waals surface area contributed by atoms with E-state index in [4.69, 9.17) is 4.98 Å². The topological polar surface area (TPSA) is 37.2 Å². The van der Waals surface area contributed by atoms with E-state index in [2.05, 4.69) is 62.0 Å². The second-order valence-corrected chi connectivity index (χ2v) is 7.59. The number of fused-ring (bicyclic) bond motifs is 2. The minimum atomic E-state index is 0.437. The highest BCUT2D eigenvalue weighted by atomic mass is 15.4. The molecule has 2 aromatic heterocycles. The summed E-state index contributed by atoms with van der Waals surface area (Å²) in [7, 11) is 0. The number of hydrogen-bond donors (Lipinski definition) is 0. The highest BCUT2D eigenvalue weighted by molar-refractivity contribution is 5.78. The van der Waals surface area contributed by atoms with Crippen LogP contribution in [0, 0.1) is 0 Å². The lowest BCUT2D eigenvalue weighted by atomic mass is 10.1. The number of rotatable bonds is 4. The smallest absolute Gasteiger partial charge is 0.0776 e. The van der Waals surface area contributed by atoms with E-state index in [1.165, 1.54) is 37.0 Å². The fourth-order valence-corrected chi connectivity index (χ4v) is 4.41. The summed E-state index contributed by atoms with van der Waals surface area (Å²) in [6.07, 6.45) is 4.62. The quantitative estimate of drug-likeness (QED) is 0.727. The minimum Gasteiger partial charge on any atom is -0.301 e. The predicted molar refractivity (Wildman–Crippen MR) is 103 cm³/mol. The Morgan fingerprint density at radius 1 is 0.962 bits per heavy atom. The van der Waals surface area contributed by atoms with E-state index in [9.17, 15) is 0 Å². The number of aromatic nitrogens is 3. The summed E-state index contributed by atoms with van der Waals surface area (Å²) in [5, 5.41) is 5.82. The van der Waals surface area contributed by atoms with Gasteiger partial charge < -0.3 is 4.90 Å². The Hall–Kier alpha value is -2.24. The number of hydrogen-bond acceptors (Lipinski definition) is 4. The molecule has 3 aromatic rings. The van der Waals surface area contributed by atoms with Crippen LogP contribution < -0.4 is 0 Å². The lowest BCUT2D eigenvalue weighted by Crippen LogP contribution is -2.42. The van der Waals surface area contributed by atoms with Crippen molar-refractivity contribution < 1.29 is 0 Å². The van der Waals surface area contributed by atoms with Crippen molar-refractivity contribution in [3.05, 3.63) is 60.0 Å². The normalized spacial score (nSPS) is 21.3. The Kier molecular flexibility index (Phi) is 4.19. The van der Waals surface area contributed by atoms with Gasteiger partial charge in [-0.05, 0) is 44.1 Å². The van der Waals surface area contributed by atoms with E-state index in [0.29, 0.717) is 6.04 Å². The van der Waals surface area contributed by atoms with Crippen molar-refractivity contribution in [2.75, 3.05) is 26.2 Å². The third-order valence-electron chi connectivity index (χ3n) is 5.66. The molecule has 4 heterocycles. The molecule has 134 valence electrons. The Morgan fingerprint density at radius 2 is 1.85 bits per heavy atom. The molecule has 0 aliphatic carbocycles. The monoisotopic (exact) mass is 347 g/mol. The fourth-order valence-electron chi connectivity index (χ4n) is 4.41. The average molecular weight is 347 g/mol. The lowest BCUT2D eigenvalue weighted by Gasteiger charge is -2.35. The SMILES string of the molecule is c1ccc2nc(CN3Cc4ccnn4[C@@H](CN4CCCC4)C3)ccc2c1. The molecule has 0 bridgehead atoms. The van der Waals surface area contributed by atoms with Crippen LogP contribution in [0.5, 0.6) is 0 Å². The number of para-hydroxylation sites is 1. The van der Waals surface area contributed by atoms with Crippen LogP contribution in [0.3, 0.4) is 0 Å². The molecular formula is C21H25N5. The fraction of sp³-hybridized carbons (Fsp3) is 0.429. The standard InChI is InChI=1S/C21H25N5/c1-2-6-21-17(5-1)7-8-18(23-21)13-25-14-19-9-10-22-26(19)20(16-25)15-24-11-3-4-12-24/h1-2,5-10,20H,3-4,11-16H2/t20-/m0/s1. The summed E-state index contributed by atoms with van der Waals surface area (Å²) in [6.45, 7) is 6.46. The van der Waals surface area contributed by atoms with Crippen LogP contribution in [0.2, 0.25) is 0 Å². The van der Waals surface area contributed by atoms with Crippen LogP contribution in [-0.4, -0.2) is 50.7 Å². The Bertz CT molecular complexity index is 896. The first-order valence-electron chi connectivity index (χ1n) is 9.67. The predicted octanol–water partition coefficient (Wildman–Crippen LogP) is 3.08. The van der Waals surface area contributed by atoms with E-state index in [1.54, 1.807) is 0 Å². The molecular weight excluding hydrogens is 322 g/mol. The molecule has 0 unspecified atom stereocenters. The summed E-state index contributed by atoms with van der Waals surface area (Å²) in [5.74, 6) is 0. The van der Waals surface area contributed by atoms with Crippen LogP contribution in [0.4, 0.5) is 0 Å². The lowest BCUT2D eigenvalue weighted by molar-refractivity contribution is 0.137. The molecule has 2 aliphatic rings. The summed E-state index contributed by atoms with van der Waals surface area (Å²) in [4.78, 5) is 9.98. The maximum Gasteiger partial charge on any atom is 0.0776 e. The molecule has 0 N–H and O–H groups in total. The summed E-state index contributed by atoms with van der Waals surface area (Å²) in [6, 6.07) is 15.3. The number of benzene rings is 1. The third kappa shape index (κ3) is 3.13. The molecule has 1 aromatic carbocycles. The van der Waals surface area contributed by atoms with Crippen LogP contribution in [0.15, 0.2) is 48.7 Å². The van der Waals surface area contributed by atoms with Gasteiger partial charge >= 0.3 is 0 Å². The van der Waals surface area contributed by atoms with Crippen molar-refractivity contribution in [1.29, 1.82) is 0 Å². The van der Waals surface area contributed by atoms with E-state index in [-0.39, 0.29) is 0 Å². The molecule has 5 rings (SSSR count). The molecule has 0 radical (unpaired) electrons. The zero-order valence-electron chi connectivity index (χ0n) is 15.1. The van der Waals surface area contributed by atoms with Gasteiger partial charge in [0.15, 0.2) is 0 Å². The van der Waals surface area contributed by atoms with Gasteiger partial charge in [-0.25, -0.2) is 0 Å². The highest BCUT2D eigenvalue weighted by Gasteiger charge is 2.28. The minimum absolute atomic E-state index is 0.437. The summed E-state index contributed by atoms with van der Waals surface area (Å²) in [5.41, 5.74) is 3.55. The Morgan fingerprint density at radius 3 is 2.77 bits per heavy atom. The first-order chi connectivity index (χ1) is 12.8. The van der Waals surface area contributed by atoms with Gasteiger partial charge in [0.1, 0.15) is 0 Å². The number of pyridine rings is 1. The van der Waals surface area contributed by atoms with Crippen LogP contribution in [-0.2, 0) is 13.1 Å². The first-order valence-corrected chi connectivity index (χ1v) is 9.67. The molecule has 1 atom stereocenters. The molecule has 5 heteroatoms. The van der Waals surface area contributed by atoms with Crippen LogP contribution in [0.1, 0.15) is 30.3 Å². The van der Waals surface area contributed by atoms with E-state index in [0.717, 1.165) is 37.4 Å². The van der Waals surface area contributed by atoms with E-state index < -0.39 is 0 Å². The van der Waals surface area contributed by atoms with Crippen molar-refractivity contribution in [2.45, 2.75) is 32.0 Å². The van der Waals surface area contributed by atoms with Gasteiger partial charge in [0.05, 0.1) is 22.9 Å². The number of likely N-dealkylation sites (tertiary alicyclic amines) is 1. The molecule has 1 fully saturated rings. The molecule has 0 saturated carbocycles. The van der Waals surface area contributed by atoms with Gasteiger partial charge in [0, 0.05) is 37.8 Å². The van der Waals surface area contributed by atoms with Crippen LogP contribution in [0.25, 0.3) is 10.9 Å². The number of nitrogens with zero attached hydrogens (tertiary/aromatic N) is 5. The highest BCUT2D eigenvalue weighted by Crippen LogP contribution is 2.24. The van der Waals surface area contributed by atoms with Crippen molar-refractivity contribution in [3.63, 3.8) is 0 Å². The van der Waals surface area contributed by atoms with Gasteiger partial charge in [-0.1, -0.05) is 24.3 Å². The van der Waals surface area contributed by atoms with Crippen LogP contribution >= 0.6 is 0 Å². The summed E-state index contributed by atoms with van der Waals surface area (Å²) < 4.78 is 2.25. The molecule has 26 heavy (non-hydrogen) atoms.